The summed E-state index contributed by atoms with van der Waals surface area (Å²) in [6, 6.07) is 5.27. The van der Waals surface area contributed by atoms with E-state index < -0.39 is 96.3 Å². The molecule has 246 valence electrons. The minimum atomic E-state index is -3.95. The van der Waals surface area contributed by atoms with Crippen molar-refractivity contribution in [2.75, 3.05) is 12.7 Å². The number of nitrogens with zero attached hydrogens (tertiary/aromatic N) is 3. The Morgan fingerprint density at radius 2 is 1.58 bits per heavy atom. The largest absolute Gasteiger partial charge is 0.426 e. The summed E-state index contributed by atoms with van der Waals surface area (Å²) < 4.78 is 33.7. The predicted octanol–water partition coefficient (Wildman–Crippen LogP) is 1.15. The van der Waals surface area contributed by atoms with Crippen LogP contribution in [-0.2, 0) is 43.3 Å². The van der Waals surface area contributed by atoms with Gasteiger partial charge in [0.05, 0.1) is 12.1 Å². The predicted molar refractivity (Wildman–Crippen MR) is 165 cm³/mol. The zero-order chi connectivity index (χ0) is 32.1. The van der Waals surface area contributed by atoms with Crippen LogP contribution in [-0.4, -0.2) is 109 Å². The monoisotopic (exact) mass is 704 g/mol. The van der Waals surface area contributed by atoms with Crippen molar-refractivity contribution >= 4 is 75.3 Å². The summed E-state index contributed by atoms with van der Waals surface area (Å²) >= 11 is 7.35. The highest BCUT2D eigenvalue weighted by molar-refractivity contribution is 8.01. The van der Waals surface area contributed by atoms with Crippen LogP contribution in [0, 0.1) is 0 Å². The summed E-state index contributed by atoms with van der Waals surface area (Å²) in [5.41, 5.74) is -0.0634. The van der Waals surface area contributed by atoms with Crippen molar-refractivity contribution in [1.29, 1.82) is 0 Å². The number of alkyl halides is 1. The fraction of sp³-hybridized carbons (Fsp3) is 0.607. The van der Waals surface area contributed by atoms with Gasteiger partial charge in [-0.25, -0.2) is 18.0 Å². The molecule has 5 heterocycles. The molecule has 7 atom stereocenters. The molecule has 0 aromatic heterocycles. The molecular weight excluding hydrogens is 671 g/mol. The molecule has 0 aliphatic carbocycles. The van der Waals surface area contributed by atoms with Gasteiger partial charge in [0.1, 0.15) is 33.6 Å². The third-order valence-corrected chi connectivity index (χ3v) is 14.4. The van der Waals surface area contributed by atoms with Crippen molar-refractivity contribution in [3.8, 4) is 0 Å². The molecule has 3 unspecified atom stereocenters. The van der Waals surface area contributed by atoms with Crippen molar-refractivity contribution in [3.05, 3.63) is 35.9 Å². The number of ether oxygens (including phenoxy) is 2. The van der Waals surface area contributed by atoms with Gasteiger partial charge in [0.25, 0.3) is 0 Å². The molecule has 17 heteroatoms. The van der Waals surface area contributed by atoms with E-state index in [1.165, 1.54) is 23.6 Å². The van der Waals surface area contributed by atoms with Crippen molar-refractivity contribution in [3.63, 3.8) is 0 Å². The van der Waals surface area contributed by atoms with Gasteiger partial charge in [-0.05, 0) is 40.2 Å². The Labute approximate surface area is 275 Å². The van der Waals surface area contributed by atoms with Gasteiger partial charge in [0.15, 0.2) is 15.9 Å². The van der Waals surface area contributed by atoms with E-state index in [0.29, 0.717) is 0 Å². The minimum absolute atomic E-state index is 0. The Balaban J connectivity index is 0.00000400. The molecule has 6 rings (SSSR count). The molecule has 5 fully saturated rings. The molecule has 0 bridgehead atoms. The third kappa shape index (κ3) is 4.67. The number of carbonyl (C=O) groups is 5. The fourth-order valence-corrected chi connectivity index (χ4v) is 11.5. The summed E-state index contributed by atoms with van der Waals surface area (Å²) in [6.07, 6.45) is -0.239. The first kappa shape index (κ1) is 33.8. The second-order valence-corrected chi connectivity index (χ2v) is 17.5. The number of hydrogen-bond acceptors (Lipinski definition) is 11. The lowest BCUT2D eigenvalue weighted by Gasteiger charge is -2.50. The van der Waals surface area contributed by atoms with Crippen LogP contribution in [0.2, 0.25) is 0 Å². The first-order valence-corrected chi connectivity index (χ1v) is 17.1. The molecule has 0 saturated carbocycles. The number of thioether (sulfide) groups is 1. The molecule has 5 aliphatic rings. The van der Waals surface area contributed by atoms with Gasteiger partial charge in [-0.1, -0.05) is 30.3 Å². The minimum Gasteiger partial charge on any atom is -0.426 e. The summed E-state index contributed by atoms with van der Waals surface area (Å²) in [5.74, 6) is -3.49. The maximum Gasteiger partial charge on any atom is 0.333 e. The van der Waals surface area contributed by atoms with Crippen molar-refractivity contribution in [1.82, 2.24) is 20.0 Å². The number of amides is 3. The summed E-state index contributed by atoms with van der Waals surface area (Å²) in [6.45, 7) is 7.65. The highest BCUT2D eigenvalue weighted by Gasteiger charge is 2.71. The average Bonchev–Trinajstić information content (AvgIpc) is 3.41. The lowest BCUT2D eigenvalue weighted by Crippen LogP contribution is -2.73. The molecule has 1 aromatic rings. The lowest BCUT2D eigenvalue weighted by atomic mass is 9.94. The Hall–Kier alpha value is -2.59. The SMILES string of the molecule is CC1(C)S[C@@H]2C(N3C(=O)C(c4ccccc4)NC3(C)C)C(=O)N2[C@H]1C(=O)OCOC(=O)C1N2C(=O)C[C@H]2S(=O)(=O)[C@@]1(C)CCl.Cl. The van der Waals surface area contributed by atoms with Crippen LogP contribution in [0.25, 0.3) is 0 Å². The van der Waals surface area contributed by atoms with Crippen LogP contribution in [0.3, 0.4) is 0 Å². The van der Waals surface area contributed by atoms with Crippen LogP contribution in [0.5, 0.6) is 0 Å². The zero-order valence-corrected chi connectivity index (χ0v) is 28.3. The standard InChI is InChI=1S/C28H33ClN4O9S2.ClH/c1-26(2)19(24(37)41-13-42-25(38)20-28(5,12-29)44(39,40)16-11-15(34)31(16)20)32-22(36)18(23(32)43-26)33-21(35)17(30-27(33,3)4)14-9-7-6-8-10-14;/h6-10,16-20,23,30H,11-13H2,1-5H3;1H/t16-,17?,18?,19+,20?,23-,28+;/m1./s1. The first-order valence-electron chi connectivity index (χ1n) is 14.1. The van der Waals surface area contributed by atoms with E-state index in [0.717, 1.165) is 10.5 Å². The highest BCUT2D eigenvalue weighted by Crippen LogP contribution is 2.54. The van der Waals surface area contributed by atoms with E-state index in [1.54, 1.807) is 18.7 Å². The van der Waals surface area contributed by atoms with Gasteiger partial charge in [-0.2, -0.15) is 0 Å². The molecule has 5 saturated heterocycles. The number of hydrogen-bond donors (Lipinski definition) is 1. The van der Waals surface area contributed by atoms with Gasteiger partial charge in [-0.3, -0.25) is 19.7 Å². The molecule has 5 aliphatic heterocycles. The molecule has 13 nitrogen and oxygen atoms in total. The van der Waals surface area contributed by atoms with Gasteiger partial charge < -0.3 is 24.2 Å². The normalized spacial score (nSPS) is 35.2. The molecular formula is C28H34Cl2N4O9S2. The van der Waals surface area contributed by atoms with Crippen molar-refractivity contribution < 1.29 is 41.9 Å². The van der Waals surface area contributed by atoms with Crippen molar-refractivity contribution in [2.45, 2.75) is 91.1 Å². The number of fused-ring (bicyclic) bond motifs is 2. The Morgan fingerprint density at radius 1 is 0.978 bits per heavy atom. The van der Waals surface area contributed by atoms with Crippen LogP contribution in [0.15, 0.2) is 30.3 Å². The Morgan fingerprint density at radius 3 is 2.16 bits per heavy atom. The van der Waals surface area contributed by atoms with Crippen molar-refractivity contribution in [2.24, 2.45) is 0 Å². The van der Waals surface area contributed by atoms with E-state index in [4.69, 9.17) is 21.1 Å². The average molecular weight is 706 g/mol. The third-order valence-electron chi connectivity index (χ3n) is 9.33. The second kappa shape index (κ2) is 11.0. The summed E-state index contributed by atoms with van der Waals surface area (Å²) in [7, 11) is -3.95. The summed E-state index contributed by atoms with van der Waals surface area (Å²) in [5, 5.41) is 1.66. The Bertz CT molecular complexity index is 1580. The molecule has 1 aromatic carbocycles. The van der Waals surface area contributed by atoms with Crippen LogP contribution in [0.4, 0.5) is 0 Å². The van der Waals surface area contributed by atoms with E-state index >= 15 is 0 Å². The first-order chi connectivity index (χ1) is 20.5. The second-order valence-electron chi connectivity index (χ2n) is 12.9. The van der Waals surface area contributed by atoms with E-state index in [9.17, 15) is 32.4 Å². The molecule has 0 radical (unpaired) electrons. The smallest absolute Gasteiger partial charge is 0.333 e. The van der Waals surface area contributed by atoms with Gasteiger partial charge >= 0.3 is 11.9 Å². The summed E-state index contributed by atoms with van der Waals surface area (Å²) in [4.78, 5) is 69.7. The lowest BCUT2D eigenvalue weighted by molar-refractivity contribution is -0.183. The van der Waals surface area contributed by atoms with E-state index in [2.05, 4.69) is 5.32 Å². The quantitative estimate of drug-likeness (QED) is 0.188. The zero-order valence-electron chi connectivity index (χ0n) is 25.1. The van der Waals surface area contributed by atoms with Gasteiger partial charge in [0, 0.05) is 10.6 Å². The molecule has 45 heavy (non-hydrogen) atoms. The van der Waals surface area contributed by atoms with Crippen LogP contribution in [0.1, 0.15) is 52.6 Å². The number of sulfone groups is 1. The number of benzene rings is 1. The van der Waals surface area contributed by atoms with Crippen LogP contribution >= 0.6 is 35.8 Å². The number of nitrogens with one attached hydrogen (secondary N) is 1. The number of halogens is 2. The Kier molecular flexibility index (Phi) is 8.25. The van der Waals surface area contributed by atoms with E-state index in [-0.39, 0.29) is 24.7 Å². The molecule has 1 N–H and O–H groups in total. The number of β-lactam (4-membered cyclic amide) rings is 2. The number of carbonyl (C=O) groups excluding carboxylic acids is 5. The number of rotatable bonds is 7. The molecule has 0 spiro atoms. The maximum absolute atomic E-state index is 13.6. The fourth-order valence-electron chi connectivity index (χ4n) is 7.01. The van der Waals surface area contributed by atoms with Crippen LogP contribution < -0.4 is 5.32 Å². The highest BCUT2D eigenvalue weighted by atomic mass is 35.5. The number of esters is 2. The van der Waals surface area contributed by atoms with Gasteiger partial charge in [0.2, 0.25) is 24.5 Å². The maximum atomic E-state index is 13.6. The van der Waals surface area contributed by atoms with Gasteiger partial charge in [-0.15, -0.1) is 35.8 Å². The topological polar surface area (TPSA) is 160 Å². The van der Waals surface area contributed by atoms with E-state index in [1.807, 2.05) is 44.2 Å². The molecule has 3 amide bonds.